The number of halogens is 1. The minimum Gasteiger partial charge on any atom is -0.497 e. The average Bonchev–Trinajstić information content (AvgIpc) is 2.81. The van der Waals surface area contributed by atoms with Crippen molar-refractivity contribution in [1.29, 1.82) is 0 Å². The molecule has 0 aliphatic carbocycles. The summed E-state index contributed by atoms with van der Waals surface area (Å²) in [6.07, 6.45) is 0. The van der Waals surface area contributed by atoms with Gasteiger partial charge in [-0.05, 0) is 19.9 Å². The van der Waals surface area contributed by atoms with E-state index in [0.717, 1.165) is 10.7 Å². The fraction of sp³-hybridized carbons (Fsp3) is 0.357. The van der Waals surface area contributed by atoms with E-state index in [4.69, 9.17) is 4.74 Å². The van der Waals surface area contributed by atoms with Crippen LogP contribution in [-0.4, -0.2) is 12.1 Å². The molecule has 3 nitrogen and oxygen atoms in total. The summed E-state index contributed by atoms with van der Waals surface area (Å²) in [5, 5.41) is 6.30. The van der Waals surface area contributed by atoms with E-state index in [1.807, 2.05) is 19.2 Å². The smallest absolute Gasteiger partial charge is 0.131 e. The molecule has 1 aromatic heterocycles. The lowest BCUT2D eigenvalue weighted by Crippen LogP contribution is -2.19. The van der Waals surface area contributed by atoms with Gasteiger partial charge in [0.25, 0.3) is 0 Å². The highest BCUT2D eigenvalue weighted by atomic mass is 32.1. The van der Waals surface area contributed by atoms with Crippen molar-refractivity contribution in [2.45, 2.75) is 26.4 Å². The number of nitrogens with zero attached hydrogens (tertiary/aromatic N) is 1. The molecule has 0 spiro atoms. The molecule has 0 amide bonds. The Balaban J connectivity index is 2.01. The molecule has 0 fully saturated rings. The Kier molecular flexibility index (Phi) is 4.50. The lowest BCUT2D eigenvalue weighted by Gasteiger charge is -2.14. The van der Waals surface area contributed by atoms with E-state index in [1.165, 1.54) is 13.2 Å². The SMILES string of the molecule is COc1ccc(C(C)NCc2nc(C)cs2)c(F)c1. The van der Waals surface area contributed by atoms with Crippen molar-refractivity contribution in [3.8, 4) is 5.75 Å². The van der Waals surface area contributed by atoms with Crippen LogP contribution >= 0.6 is 11.3 Å². The van der Waals surface area contributed by atoms with Crippen molar-refractivity contribution < 1.29 is 9.13 Å². The number of methoxy groups -OCH3 is 1. The van der Waals surface area contributed by atoms with Gasteiger partial charge in [-0.25, -0.2) is 9.37 Å². The highest BCUT2D eigenvalue weighted by Gasteiger charge is 2.12. The summed E-state index contributed by atoms with van der Waals surface area (Å²) in [6.45, 7) is 4.54. The van der Waals surface area contributed by atoms with Crippen LogP contribution in [0, 0.1) is 12.7 Å². The van der Waals surface area contributed by atoms with Crippen molar-refractivity contribution in [2.24, 2.45) is 0 Å². The van der Waals surface area contributed by atoms with E-state index in [1.54, 1.807) is 23.5 Å². The zero-order chi connectivity index (χ0) is 13.8. The van der Waals surface area contributed by atoms with Gasteiger partial charge in [-0.2, -0.15) is 0 Å². The van der Waals surface area contributed by atoms with E-state index in [-0.39, 0.29) is 11.9 Å². The maximum absolute atomic E-state index is 13.9. The second-order valence-electron chi connectivity index (χ2n) is 4.37. The number of hydrogen-bond acceptors (Lipinski definition) is 4. The van der Waals surface area contributed by atoms with Crippen LogP contribution in [0.15, 0.2) is 23.6 Å². The summed E-state index contributed by atoms with van der Waals surface area (Å²) in [5.74, 6) is 0.277. The molecule has 0 aliphatic heterocycles. The first-order valence-corrected chi connectivity index (χ1v) is 6.96. The minimum absolute atomic E-state index is 0.0740. The Morgan fingerprint density at radius 3 is 2.84 bits per heavy atom. The van der Waals surface area contributed by atoms with E-state index in [0.29, 0.717) is 17.9 Å². The number of aryl methyl sites for hydroxylation is 1. The molecular formula is C14H17FN2OS. The highest BCUT2D eigenvalue weighted by Crippen LogP contribution is 2.22. The zero-order valence-electron chi connectivity index (χ0n) is 11.2. The number of nitrogens with one attached hydrogen (secondary N) is 1. The third-order valence-corrected chi connectivity index (χ3v) is 3.87. The van der Waals surface area contributed by atoms with Gasteiger partial charge >= 0.3 is 0 Å². The molecule has 0 radical (unpaired) electrons. The first kappa shape index (κ1) is 14.0. The fourth-order valence-corrected chi connectivity index (χ4v) is 2.54. The van der Waals surface area contributed by atoms with Crippen LogP contribution < -0.4 is 10.1 Å². The first-order chi connectivity index (χ1) is 9.10. The van der Waals surface area contributed by atoms with Crippen molar-refractivity contribution >= 4 is 11.3 Å². The molecule has 1 atom stereocenters. The Labute approximate surface area is 116 Å². The second kappa shape index (κ2) is 6.12. The molecule has 1 heterocycles. The van der Waals surface area contributed by atoms with Gasteiger partial charge in [0.15, 0.2) is 0 Å². The summed E-state index contributed by atoms with van der Waals surface area (Å²) in [5.41, 5.74) is 1.65. The average molecular weight is 280 g/mol. The summed E-state index contributed by atoms with van der Waals surface area (Å²) in [7, 11) is 1.53. The molecule has 2 rings (SSSR count). The Morgan fingerprint density at radius 1 is 1.47 bits per heavy atom. The van der Waals surface area contributed by atoms with Crippen molar-refractivity contribution in [1.82, 2.24) is 10.3 Å². The Bertz CT molecular complexity index is 556. The molecule has 5 heteroatoms. The Hall–Kier alpha value is -1.46. The van der Waals surface area contributed by atoms with Gasteiger partial charge in [-0.15, -0.1) is 11.3 Å². The van der Waals surface area contributed by atoms with E-state index >= 15 is 0 Å². The van der Waals surface area contributed by atoms with Gasteiger partial charge in [-0.3, -0.25) is 0 Å². The van der Waals surface area contributed by atoms with E-state index < -0.39 is 0 Å². The van der Waals surface area contributed by atoms with Crippen LogP contribution in [0.5, 0.6) is 5.75 Å². The van der Waals surface area contributed by atoms with Crippen LogP contribution in [0.25, 0.3) is 0 Å². The van der Waals surface area contributed by atoms with Crippen LogP contribution in [0.3, 0.4) is 0 Å². The molecular weight excluding hydrogens is 263 g/mol. The molecule has 102 valence electrons. The molecule has 1 unspecified atom stereocenters. The maximum atomic E-state index is 13.9. The molecule has 0 saturated heterocycles. The summed E-state index contributed by atoms with van der Waals surface area (Å²) in [4.78, 5) is 4.37. The van der Waals surface area contributed by atoms with Crippen LogP contribution in [0.4, 0.5) is 4.39 Å². The topological polar surface area (TPSA) is 34.1 Å². The van der Waals surface area contributed by atoms with Crippen molar-refractivity contribution in [3.63, 3.8) is 0 Å². The molecule has 19 heavy (non-hydrogen) atoms. The molecule has 0 bridgehead atoms. The lowest BCUT2D eigenvalue weighted by atomic mass is 10.1. The zero-order valence-corrected chi connectivity index (χ0v) is 12.1. The number of ether oxygens (including phenoxy) is 1. The van der Waals surface area contributed by atoms with Crippen LogP contribution in [0.1, 0.15) is 29.2 Å². The van der Waals surface area contributed by atoms with Crippen molar-refractivity contribution in [2.75, 3.05) is 7.11 Å². The normalized spacial score (nSPS) is 12.4. The predicted molar refractivity (Wildman–Crippen MR) is 75.1 cm³/mol. The lowest BCUT2D eigenvalue weighted by molar-refractivity contribution is 0.409. The van der Waals surface area contributed by atoms with Gasteiger partial charge in [-0.1, -0.05) is 6.07 Å². The molecule has 0 saturated carbocycles. The monoisotopic (exact) mass is 280 g/mol. The third-order valence-electron chi connectivity index (χ3n) is 2.90. The Morgan fingerprint density at radius 2 is 2.26 bits per heavy atom. The van der Waals surface area contributed by atoms with E-state index in [9.17, 15) is 4.39 Å². The third kappa shape index (κ3) is 3.52. The second-order valence-corrected chi connectivity index (χ2v) is 5.32. The molecule has 1 N–H and O–H groups in total. The number of thiazole rings is 1. The van der Waals surface area contributed by atoms with Gasteiger partial charge < -0.3 is 10.1 Å². The van der Waals surface area contributed by atoms with Gasteiger partial charge in [0.2, 0.25) is 0 Å². The summed E-state index contributed by atoms with van der Waals surface area (Å²) < 4.78 is 18.9. The maximum Gasteiger partial charge on any atom is 0.131 e. The molecule has 2 aromatic rings. The number of aromatic nitrogens is 1. The van der Waals surface area contributed by atoms with Gasteiger partial charge in [0, 0.05) is 35.3 Å². The number of benzene rings is 1. The molecule has 1 aromatic carbocycles. The van der Waals surface area contributed by atoms with E-state index in [2.05, 4.69) is 10.3 Å². The largest absolute Gasteiger partial charge is 0.497 e. The van der Waals surface area contributed by atoms with Gasteiger partial charge in [0.05, 0.1) is 7.11 Å². The highest BCUT2D eigenvalue weighted by molar-refractivity contribution is 7.09. The first-order valence-electron chi connectivity index (χ1n) is 6.08. The number of rotatable bonds is 5. The van der Waals surface area contributed by atoms with Crippen LogP contribution in [-0.2, 0) is 6.54 Å². The van der Waals surface area contributed by atoms with Crippen LogP contribution in [0.2, 0.25) is 0 Å². The minimum atomic E-state index is -0.255. The van der Waals surface area contributed by atoms with Gasteiger partial charge in [0.1, 0.15) is 16.6 Å². The summed E-state index contributed by atoms with van der Waals surface area (Å²) in [6, 6.07) is 4.85. The number of hydrogen-bond donors (Lipinski definition) is 1. The van der Waals surface area contributed by atoms with Crippen molar-refractivity contribution in [3.05, 3.63) is 45.7 Å². The standard InChI is InChI=1S/C14H17FN2OS/c1-9-8-19-14(17-9)7-16-10(2)12-5-4-11(18-3)6-13(12)15/h4-6,8,10,16H,7H2,1-3H3. The summed E-state index contributed by atoms with van der Waals surface area (Å²) >= 11 is 1.61. The predicted octanol–water partition coefficient (Wildman–Crippen LogP) is 3.45. The quantitative estimate of drug-likeness (QED) is 0.911. The fourth-order valence-electron chi connectivity index (χ4n) is 1.82. The molecule has 0 aliphatic rings.